The molecule has 31 heavy (non-hydrogen) atoms. The molecule has 12 heteroatoms. The summed E-state index contributed by atoms with van der Waals surface area (Å²) in [6, 6.07) is 10.6. The topological polar surface area (TPSA) is 145 Å². The van der Waals surface area contributed by atoms with Gasteiger partial charge in [0.1, 0.15) is 5.52 Å². The number of fused-ring (bicyclic) bond motifs is 1. The van der Waals surface area contributed by atoms with Gasteiger partial charge in [-0.3, -0.25) is 0 Å². The molecule has 1 aliphatic heterocycles. The van der Waals surface area contributed by atoms with E-state index >= 15 is 0 Å². The van der Waals surface area contributed by atoms with E-state index < -0.39 is 5.03 Å². The van der Waals surface area contributed by atoms with Gasteiger partial charge in [-0.25, -0.2) is 15.1 Å². The van der Waals surface area contributed by atoms with Crippen molar-refractivity contribution in [3.63, 3.8) is 0 Å². The van der Waals surface area contributed by atoms with Gasteiger partial charge < -0.3 is 19.8 Å². The van der Waals surface area contributed by atoms with Gasteiger partial charge in [0.15, 0.2) is 27.5 Å². The van der Waals surface area contributed by atoms with Crippen molar-refractivity contribution in [1.29, 1.82) is 0 Å². The van der Waals surface area contributed by atoms with Gasteiger partial charge in [-0.15, -0.1) is 0 Å². The second-order valence-electron chi connectivity index (χ2n) is 6.54. The number of nitrogens with one attached hydrogen (secondary N) is 1. The van der Waals surface area contributed by atoms with Crippen LogP contribution >= 0.6 is 11.6 Å². The first-order valence-electron chi connectivity index (χ1n) is 9.32. The molecule has 0 atom stereocenters. The molecule has 1 fully saturated rings. The first-order valence-corrected chi connectivity index (χ1v) is 9.69. The lowest BCUT2D eigenvalue weighted by molar-refractivity contribution is -0.524. The highest BCUT2D eigenvalue weighted by atomic mass is 35.5. The molecule has 3 N–H and O–H groups in total. The fourth-order valence-corrected chi connectivity index (χ4v) is 3.25. The number of hydrazine groups is 1. The molecule has 3 aromatic rings. The first-order chi connectivity index (χ1) is 15.0. The lowest BCUT2D eigenvalue weighted by Gasteiger charge is -2.27. The van der Waals surface area contributed by atoms with Gasteiger partial charge in [-0.05, 0) is 17.2 Å². The van der Waals surface area contributed by atoms with Gasteiger partial charge in [-0.1, -0.05) is 35.8 Å². The molecule has 0 aliphatic carbocycles. The van der Waals surface area contributed by atoms with E-state index in [9.17, 15) is 10.1 Å². The quantitative estimate of drug-likeness (QED) is 0.263. The average Bonchev–Trinajstić information content (AvgIpc) is 3.14. The zero-order valence-electron chi connectivity index (χ0n) is 16.2. The zero-order chi connectivity index (χ0) is 21.8. The summed E-state index contributed by atoms with van der Waals surface area (Å²) in [4.78, 5) is 26.0. The van der Waals surface area contributed by atoms with E-state index in [1.54, 1.807) is 12.1 Å². The number of morpholine rings is 1. The summed E-state index contributed by atoms with van der Waals surface area (Å²) in [7, 11) is 0. The highest BCUT2D eigenvalue weighted by molar-refractivity contribution is 6.29. The number of rotatable bonds is 5. The Bertz CT molecular complexity index is 1160. The predicted octanol–water partition coefficient (Wildman–Crippen LogP) is 2.52. The van der Waals surface area contributed by atoms with Crippen LogP contribution in [0, 0.1) is 10.1 Å². The van der Waals surface area contributed by atoms with Gasteiger partial charge >= 0.3 is 0 Å². The fourth-order valence-electron chi connectivity index (χ4n) is 3.07. The molecular weight excluding hydrogens is 426 g/mol. The van der Waals surface area contributed by atoms with Gasteiger partial charge in [0, 0.05) is 30.9 Å². The van der Waals surface area contributed by atoms with E-state index in [-0.39, 0.29) is 22.7 Å². The van der Waals surface area contributed by atoms with Crippen LogP contribution in [-0.4, -0.2) is 47.1 Å². The Balaban J connectivity index is 1.77. The molecule has 1 aliphatic rings. The Morgan fingerprint density at radius 1 is 1.29 bits per heavy atom. The third kappa shape index (κ3) is 4.90. The molecule has 4 rings (SSSR count). The number of halogens is 1. The summed E-state index contributed by atoms with van der Waals surface area (Å²) >= 11 is 6.02. The van der Waals surface area contributed by atoms with Crippen LogP contribution in [0.25, 0.3) is 16.8 Å². The highest BCUT2D eigenvalue weighted by Gasteiger charge is 2.21. The molecule has 3 heterocycles. The monoisotopic (exact) mass is 443 g/mol. The molecule has 0 bridgehead atoms. The number of aromatic nitrogens is 2. The number of ether oxygens (including phenoxy) is 1. The van der Waals surface area contributed by atoms with E-state index in [1.165, 1.54) is 12.1 Å². The number of benzene rings is 1. The molecule has 0 spiro atoms. The summed E-state index contributed by atoms with van der Waals surface area (Å²) in [5.74, 6) is 0.348. The summed E-state index contributed by atoms with van der Waals surface area (Å²) in [6.07, 6.45) is 1.35. The van der Waals surface area contributed by atoms with Crippen LogP contribution in [-0.2, 0) is 4.74 Å². The molecule has 160 valence electrons. The third-order valence-corrected chi connectivity index (χ3v) is 4.63. The summed E-state index contributed by atoms with van der Waals surface area (Å²) in [6.45, 7) is 2.24. The van der Waals surface area contributed by atoms with Crippen molar-refractivity contribution in [3.8, 4) is 0 Å². The lowest BCUT2D eigenvalue weighted by Crippen LogP contribution is -2.36. The number of nitro groups is 1. The van der Waals surface area contributed by atoms with Gasteiger partial charge in [0.2, 0.25) is 0 Å². The molecule has 2 aromatic heterocycles. The number of furan rings is 1. The summed E-state index contributed by atoms with van der Waals surface area (Å²) < 4.78 is 10.9. The maximum absolute atomic E-state index is 11.1. The minimum Gasteiger partial charge on any atom is -0.439 e. The van der Waals surface area contributed by atoms with Crippen molar-refractivity contribution in [2.45, 2.75) is 0 Å². The SMILES string of the molecule is N/C(=C\C(=N/c1nc(N2CCOCC2)c2oc(Cl)cc2n1)N[N+](=O)[O-])c1ccccc1. The maximum Gasteiger partial charge on any atom is 0.254 e. The summed E-state index contributed by atoms with van der Waals surface area (Å²) in [5, 5.41) is 10.5. The Morgan fingerprint density at radius 3 is 2.74 bits per heavy atom. The van der Waals surface area contributed by atoms with Crippen LogP contribution in [0.2, 0.25) is 5.22 Å². The van der Waals surface area contributed by atoms with Crippen LogP contribution in [0.15, 0.2) is 51.9 Å². The van der Waals surface area contributed by atoms with Gasteiger partial charge in [0.25, 0.3) is 5.95 Å². The average molecular weight is 444 g/mol. The highest BCUT2D eigenvalue weighted by Crippen LogP contribution is 2.31. The Morgan fingerprint density at radius 2 is 2.03 bits per heavy atom. The number of nitrogens with two attached hydrogens (primary N) is 1. The molecular formula is C19H18ClN7O4. The molecule has 1 saturated heterocycles. The van der Waals surface area contributed by atoms with Gasteiger partial charge in [-0.2, -0.15) is 9.98 Å². The Hall–Kier alpha value is -3.70. The molecule has 11 nitrogen and oxygen atoms in total. The number of hydrogen-bond donors (Lipinski definition) is 2. The minimum atomic E-state index is -0.732. The Kier molecular flexibility index (Phi) is 5.96. The van der Waals surface area contributed by atoms with Crippen molar-refractivity contribution >= 4 is 46.0 Å². The number of hydrogen-bond acceptors (Lipinski definition) is 9. The van der Waals surface area contributed by atoms with Crippen LogP contribution in [0.1, 0.15) is 5.56 Å². The first kappa shape index (κ1) is 20.6. The van der Waals surface area contributed by atoms with Crippen LogP contribution in [0.5, 0.6) is 0 Å². The van der Waals surface area contributed by atoms with E-state index in [1.807, 2.05) is 28.5 Å². The second-order valence-corrected chi connectivity index (χ2v) is 6.92. The second kappa shape index (κ2) is 8.98. The predicted molar refractivity (Wildman–Crippen MR) is 116 cm³/mol. The number of aliphatic imine (C=N–C) groups is 1. The minimum absolute atomic E-state index is 0.00656. The lowest BCUT2D eigenvalue weighted by atomic mass is 10.1. The van der Waals surface area contributed by atoms with Crippen molar-refractivity contribution in [2.24, 2.45) is 10.7 Å². The van der Waals surface area contributed by atoms with Crippen molar-refractivity contribution in [2.75, 3.05) is 31.2 Å². The van der Waals surface area contributed by atoms with Crippen LogP contribution in [0.3, 0.4) is 0 Å². The molecule has 0 saturated carbocycles. The van der Waals surface area contributed by atoms with Crippen LogP contribution in [0.4, 0.5) is 11.8 Å². The standard InChI is InChI=1S/C19H18ClN7O4/c20-15-11-14-17(31-15)18(26-6-8-30-9-7-26)24-19(22-14)23-16(25-27(28)29)10-13(21)12-4-2-1-3-5-12/h1-5,10-11H,6-9,21H2,(H,22,23,24,25)/b13-10-. The number of amidine groups is 1. The van der Waals surface area contributed by atoms with Crippen LogP contribution < -0.4 is 16.1 Å². The van der Waals surface area contributed by atoms with E-state index in [0.717, 1.165) is 0 Å². The Labute approximate surface area is 181 Å². The molecule has 0 radical (unpaired) electrons. The van der Waals surface area contributed by atoms with E-state index in [4.69, 9.17) is 26.5 Å². The van der Waals surface area contributed by atoms with Crippen molar-refractivity contribution < 1.29 is 14.2 Å². The zero-order valence-corrected chi connectivity index (χ0v) is 17.0. The van der Waals surface area contributed by atoms with Gasteiger partial charge in [0.05, 0.1) is 13.2 Å². The smallest absolute Gasteiger partial charge is 0.254 e. The molecule has 0 amide bonds. The summed E-state index contributed by atoms with van der Waals surface area (Å²) in [5.41, 5.74) is 9.94. The van der Waals surface area contributed by atoms with Crippen molar-refractivity contribution in [1.82, 2.24) is 15.4 Å². The largest absolute Gasteiger partial charge is 0.439 e. The molecule has 0 unspecified atom stereocenters. The fraction of sp³-hybridized carbons (Fsp3) is 0.211. The van der Waals surface area contributed by atoms with E-state index in [0.29, 0.717) is 48.8 Å². The van der Waals surface area contributed by atoms with Crippen molar-refractivity contribution in [3.05, 3.63) is 63.4 Å². The maximum atomic E-state index is 11.1. The van der Waals surface area contributed by atoms with E-state index in [2.05, 4.69) is 15.0 Å². The third-order valence-electron chi connectivity index (χ3n) is 4.45. The molecule has 1 aromatic carbocycles. The normalized spacial score (nSPS) is 15.3. The number of nitrogens with zero attached hydrogens (tertiary/aromatic N) is 5. The number of anilines is 1.